The Morgan fingerprint density at radius 2 is 1.95 bits per heavy atom. The average Bonchev–Trinajstić information content (AvgIpc) is 2.91. The Labute approximate surface area is 118 Å². The first kappa shape index (κ1) is 14.3. The number of benzene rings is 1. The number of nitrogens with one attached hydrogen (secondary N) is 1. The van der Waals surface area contributed by atoms with Crippen molar-refractivity contribution in [3.05, 3.63) is 34.9 Å². The van der Waals surface area contributed by atoms with Gasteiger partial charge in [0.2, 0.25) is 5.91 Å². The summed E-state index contributed by atoms with van der Waals surface area (Å²) in [5, 5.41) is 0.672. The molecule has 0 bridgehead atoms. The first-order valence-corrected chi connectivity index (χ1v) is 6.99. The van der Waals surface area contributed by atoms with Gasteiger partial charge in [0, 0.05) is 11.6 Å². The molecule has 4 nitrogen and oxygen atoms in total. The molecule has 1 heterocycles. The molecular weight excluding hydrogens is 264 g/mol. The summed E-state index contributed by atoms with van der Waals surface area (Å²) in [7, 11) is 0. The SMILES string of the molecule is O=C(Cc1ccc(Cl)cc1)NOCCN1CCCC1. The van der Waals surface area contributed by atoms with Gasteiger partial charge in [0.05, 0.1) is 13.0 Å². The molecule has 1 amide bonds. The van der Waals surface area contributed by atoms with Crippen LogP contribution in [0.1, 0.15) is 18.4 Å². The van der Waals surface area contributed by atoms with E-state index >= 15 is 0 Å². The molecule has 1 aromatic carbocycles. The molecular formula is C14H19ClN2O2. The van der Waals surface area contributed by atoms with Crippen LogP contribution in [0.5, 0.6) is 0 Å². The summed E-state index contributed by atoms with van der Waals surface area (Å²) in [6, 6.07) is 7.23. The quantitative estimate of drug-likeness (QED) is 0.641. The van der Waals surface area contributed by atoms with Crippen LogP contribution in [0.4, 0.5) is 0 Å². The van der Waals surface area contributed by atoms with Crippen molar-refractivity contribution in [1.82, 2.24) is 10.4 Å². The third-order valence-corrected chi connectivity index (χ3v) is 3.42. The first-order valence-electron chi connectivity index (χ1n) is 6.61. The summed E-state index contributed by atoms with van der Waals surface area (Å²) in [6.07, 6.45) is 2.84. The Morgan fingerprint density at radius 3 is 2.63 bits per heavy atom. The lowest BCUT2D eigenvalue weighted by molar-refractivity contribution is -0.133. The van der Waals surface area contributed by atoms with Gasteiger partial charge in [-0.2, -0.15) is 0 Å². The molecule has 1 aliphatic heterocycles. The van der Waals surface area contributed by atoms with Gasteiger partial charge in [0.1, 0.15) is 0 Å². The third-order valence-electron chi connectivity index (χ3n) is 3.17. The van der Waals surface area contributed by atoms with Crippen LogP contribution in [-0.4, -0.2) is 37.0 Å². The number of amides is 1. The number of hydrogen-bond donors (Lipinski definition) is 1. The minimum Gasteiger partial charge on any atom is -0.301 e. The summed E-state index contributed by atoms with van der Waals surface area (Å²) in [5.74, 6) is -0.135. The van der Waals surface area contributed by atoms with Crippen molar-refractivity contribution in [2.45, 2.75) is 19.3 Å². The summed E-state index contributed by atoms with van der Waals surface area (Å²) >= 11 is 5.78. The average molecular weight is 283 g/mol. The van der Waals surface area contributed by atoms with Gasteiger partial charge in [-0.25, -0.2) is 5.48 Å². The van der Waals surface area contributed by atoms with Crippen LogP contribution < -0.4 is 5.48 Å². The van der Waals surface area contributed by atoms with Gasteiger partial charge in [-0.15, -0.1) is 0 Å². The van der Waals surface area contributed by atoms with Crippen LogP contribution >= 0.6 is 11.6 Å². The van der Waals surface area contributed by atoms with Crippen LogP contribution in [-0.2, 0) is 16.1 Å². The molecule has 0 aliphatic carbocycles. The number of hydroxylamine groups is 1. The van der Waals surface area contributed by atoms with Gasteiger partial charge >= 0.3 is 0 Å². The monoisotopic (exact) mass is 282 g/mol. The van der Waals surface area contributed by atoms with Gasteiger partial charge in [0.25, 0.3) is 0 Å². The molecule has 5 heteroatoms. The normalized spacial score (nSPS) is 15.6. The molecule has 1 fully saturated rings. The van der Waals surface area contributed by atoms with Crippen molar-refractivity contribution >= 4 is 17.5 Å². The molecule has 0 saturated carbocycles. The standard InChI is InChI=1S/C14H19ClN2O2/c15-13-5-3-12(4-6-13)11-14(18)16-19-10-9-17-7-1-2-8-17/h3-6H,1-2,7-11H2,(H,16,18). The van der Waals surface area contributed by atoms with E-state index in [4.69, 9.17) is 16.4 Å². The minimum absolute atomic E-state index is 0.135. The molecule has 1 aromatic rings. The highest BCUT2D eigenvalue weighted by Gasteiger charge is 2.10. The second kappa shape index (κ2) is 7.48. The van der Waals surface area contributed by atoms with E-state index in [1.165, 1.54) is 12.8 Å². The van der Waals surface area contributed by atoms with E-state index in [1.54, 1.807) is 12.1 Å². The smallest absolute Gasteiger partial charge is 0.247 e. The molecule has 2 rings (SSSR count). The highest BCUT2D eigenvalue weighted by Crippen LogP contribution is 2.09. The van der Waals surface area contributed by atoms with E-state index in [9.17, 15) is 4.79 Å². The lowest BCUT2D eigenvalue weighted by Crippen LogP contribution is -2.30. The number of likely N-dealkylation sites (tertiary alicyclic amines) is 1. The van der Waals surface area contributed by atoms with Crippen LogP contribution in [0.25, 0.3) is 0 Å². The van der Waals surface area contributed by atoms with Crippen LogP contribution in [0.2, 0.25) is 5.02 Å². The lowest BCUT2D eigenvalue weighted by atomic mass is 10.1. The maximum atomic E-state index is 11.6. The fourth-order valence-electron chi connectivity index (χ4n) is 2.14. The second-order valence-electron chi connectivity index (χ2n) is 4.73. The minimum atomic E-state index is -0.135. The Morgan fingerprint density at radius 1 is 1.26 bits per heavy atom. The molecule has 19 heavy (non-hydrogen) atoms. The molecule has 0 spiro atoms. The number of carbonyl (C=O) groups excluding carboxylic acids is 1. The van der Waals surface area contributed by atoms with E-state index in [2.05, 4.69) is 10.4 Å². The number of hydrogen-bond acceptors (Lipinski definition) is 3. The number of rotatable bonds is 6. The maximum Gasteiger partial charge on any atom is 0.247 e. The fraction of sp³-hybridized carbons (Fsp3) is 0.500. The maximum absolute atomic E-state index is 11.6. The third kappa shape index (κ3) is 5.19. The van der Waals surface area contributed by atoms with Gasteiger partial charge in [-0.05, 0) is 43.6 Å². The summed E-state index contributed by atoms with van der Waals surface area (Å²) in [6.45, 7) is 3.69. The molecule has 104 valence electrons. The van der Waals surface area contributed by atoms with Gasteiger partial charge in [-0.1, -0.05) is 23.7 Å². The van der Waals surface area contributed by atoms with E-state index in [0.29, 0.717) is 18.1 Å². The largest absolute Gasteiger partial charge is 0.301 e. The molecule has 1 N–H and O–H groups in total. The first-order chi connectivity index (χ1) is 9.24. The van der Waals surface area contributed by atoms with E-state index in [1.807, 2.05) is 12.1 Å². The summed E-state index contributed by atoms with van der Waals surface area (Å²) < 4.78 is 0. The summed E-state index contributed by atoms with van der Waals surface area (Å²) in [4.78, 5) is 19.1. The van der Waals surface area contributed by atoms with Crippen molar-refractivity contribution < 1.29 is 9.63 Å². The molecule has 1 aliphatic rings. The molecule has 0 aromatic heterocycles. The Hall–Kier alpha value is -1.10. The van der Waals surface area contributed by atoms with Gasteiger partial charge < -0.3 is 4.90 Å². The zero-order chi connectivity index (χ0) is 13.5. The predicted octanol–water partition coefficient (Wildman–Crippen LogP) is 2.03. The second-order valence-corrected chi connectivity index (χ2v) is 5.16. The van der Waals surface area contributed by atoms with Crippen LogP contribution in [0.3, 0.4) is 0 Å². The topological polar surface area (TPSA) is 41.6 Å². The van der Waals surface area contributed by atoms with Crippen molar-refractivity contribution in [2.75, 3.05) is 26.2 Å². The Balaban J connectivity index is 1.60. The zero-order valence-electron chi connectivity index (χ0n) is 10.9. The number of nitrogens with zero attached hydrogens (tertiary/aromatic N) is 1. The molecule has 0 radical (unpaired) electrons. The number of halogens is 1. The van der Waals surface area contributed by atoms with E-state index < -0.39 is 0 Å². The molecule has 0 unspecified atom stereocenters. The summed E-state index contributed by atoms with van der Waals surface area (Å²) in [5.41, 5.74) is 3.39. The van der Waals surface area contributed by atoms with Crippen molar-refractivity contribution in [2.24, 2.45) is 0 Å². The van der Waals surface area contributed by atoms with Crippen molar-refractivity contribution in [3.63, 3.8) is 0 Å². The fourth-order valence-corrected chi connectivity index (χ4v) is 2.26. The van der Waals surface area contributed by atoms with Crippen molar-refractivity contribution in [3.8, 4) is 0 Å². The zero-order valence-corrected chi connectivity index (χ0v) is 11.7. The molecule has 0 atom stereocenters. The Kier molecular flexibility index (Phi) is 5.63. The Bertz CT molecular complexity index is 402. The van der Waals surface area contributed by atoms with Crippen LogP contribution in [0, 0.1) is 0 Å². The highest BCUT2D eigenvalue weighted by atomic mass is 35.5. The van der Waals surface area contributed by atoms with Gasteiger partial charge in [0.15, 0.2) is 0 Å². The highest BCUT2D eigenvalue weighted by molar-refractivity contribution is 6.30. The van der Waals surface area contributed by atoms with Crippen LogP contribution in [0.15, 0.2) is 24.3 Å². The van der Waals surface area contributed by atoms with Crippen molar-refractivity contribution in [1.29, 1.82) is 0 Å². The lowest BCUT2D eigenvalue weighted by Gasteiger charge is -2.14. The van der Waals surface area contributed by atoms with E-state index in [-0.39, 0.29) is 5.91 Å². The number of carbonyl (C=O) groups is 1. The van der Waals surface area contributed by atoms with E-state index in [0.717, 1.165) is 25.2 Å². The predicted molar refractivity (Wildman–Crippen MR) is 74.9 cm³/mol. The van der Waals surface area contributed by atoms with Gasteiger partial charge in [-0.3, -0.25) is 9.63 Å². The molecule has 1 saturated heterocycles.